The average Bonchev–Trinajstić information content (AvgIpc) is 2.65. The Morgan fingerprint density at radius 3 is 3.07 bits per heavy atom. The minimum Gasteiger partial charge on any atom is -0.392 e. The highest BCUT2D eigenvalue weighted by Gasteiger charge is 2.48. The monoisotopic (exact) mass is 211 g/mol. The molecule has 0 aromatic rings. The molecule has 2 aliphatic heterocycles. The van der Waals surface area contributed by atoms with Gasteiger partial charge in [-0.25, -0.2) is 0 Å². The van der Waals surface area contributed by atoms with Gasteiger partial charge in [0.2, 0.25) is 0 Å². The third kappa shape index (κ3) is 1.72. The van der Waals surface area contributed by atoms with Gasteiger partial charge in [0.15, 0.2) is 6.29 Å². The number of hydrogen-bond donors (Lipinski definition) is 1. The van der Waals surface area contributed by atoms with E-state index in [1.165, 1.54) is 0 Å². The van der Waals surface area contributed by atoms with Crippen LogP contribution in [0.25, 0.3) is 10.4 Å². The molecule has 0 amide bonds. The Kier molecular flexibility index (Phi) is 2.93. The highest BCUT2D eigenvalue weighted by Crippen LogP contribution is 2.34. The molecule has 6 heteroatoms. The average molecular weight is 211 g/mol. The van der Waals surface area contributed by atoms with Crippen LogP contribution in [0.4, 0.5) is 0 Å². The van der Waals surface area contributed by atoms with E-state index in [-0.39, 0.29) is 12.0 Å². The van der Waals surface area contributed by atoms with Crippen molar-refractivity contribution >= 4 is 0 Å². The fourth-order valence-corrected chi connectivity index (χ4v) is 2.07. The molecule has 15 heavy (non-hydrogen) atoms. The molecule has 0 aromatic carbocycles. The van der Waals surface area contributed by atoms with E-state index in [9.17, 15) is 5.11 Å². The first-order valence-corrected chi connectivity index (χ1v) is 4.90. The molecule has 6 nitrogen and oxygen atoms in total. The van der Waals surface area contributed by atoms with Crippen molar-refractivity contribution < 1.29 is 14.6 Å². The Labute approximate surface area is 87.1 Å². The quantitative estimate of drug-likeness (QED) is 0.319. The van der Waals surface area contributed by atoms with Crippen molar-refractivity contribution in [3.63, 3.8) is 0 Å². The largest absolute Gasteiger partial charge is 0.392 e. The Hall–Kier alpha value is -1.07. The normalized spacial score (nSPS) is 44.3. The molecule has 2 bridgehead atoms. The second kappa shape index (κ2) is 4.20. The first-order valence-electron chi connectivity index (χ1n) is 4.90. The lowest BCUT2D eigenvalue weighted by Crippen LogP contribution is -2.48. The number of allylic oxidation sites excluding steroid dienone is 1. The van der Waals surface area contributed by atoms with Crippen molar-refractivity contribution in [1.82, 2.24) is 0 Å². The van der Waals surface area contributed by atoms with Gasteiger partial charge in [-0.1, -0.05) is 17.3 Å². The van der Waals surface area contributed by atoms with Crippen molar-refractivity contribution in [3.8, 4) is 0 Å². The summed E-state index contributed by atoms with van der Waals surface area (Å²) >= 11 is 0. The zero-order valence-electron chi connectivity index (χ0n) is 8.35. The van der Waals surface area contributed by atoms with Gasteiger partial charge in [-0.3, -0.25) is 0 Å². The van der Waals surface area contributed by atoms with Gasteiger partial charge in [-0.2, -0.15) is 0 Å². The van der Waals surface area contributed by atoms with E-state index < -0.39 is 18.4 Å². The van der Waals surface area contributed by atoms with Gasteiger partial charge in [0, 0.05) is 10.8 Å². The summed E-state index contributed by atoms with van der Waals surface area (Å²) in [6, 6.07) is -0.657. The summed E-state index contributed by atoms with van der Waals surface area (Å²) in [6.07, 6.45) is 2.25. The topological polar surface area (TPSA) is 87.5 Å². The fraction of sp³-hybridized carbons (Fsp3) is 0.778. The molecule has 1 N–H and O–H groups in total. The van der Waals surface area contributed by atoms with Gasteiger partial charge in [0.25, 0.3) is 0 Å². The van der Waals surface area contributed by atoms with Gasteiger partial charge in [0.1, 0.15) is 6.04 Å². The minimum atomic E-state index is -0.733. The zero-order chi connectivity index (χ0) is 10.8. The Balaban J connectivity index is 2.23. The van der Waals surface area contributed by atoms with E-state index in [0.717, 1.165) is 0 Å². The molecule has 2 unspecified atom stereocenters. The van der Waals surface area contributed by atoms with Gasteiger partial charge in [0.05, 0.1) is 18.8 Å². The summed E-state index contributed by atoms with van der Waals surface area (Å²) in [6.45, 7) is 2.31. The van der Waals surface area contributed by atoms with E-state index >= 15 is 0 Å². The second-order valence-corrected chi connectivity index (χ2v) is 3.67. The van der Waals surface area contributed by atoms with Crippen LogP contribution in [0.5, 0.6) is 0 Å². The van der Waals surface area contributed by atoms with Gasteiger partial charge in [-0.05, 0) is 12.5 Å². The third-order valence-electron chi connectivity index (χ3n) is 2.79. The summed E-state index contributed by atoms with van der Waals surface area (Å²) in [5.74, 6) is -0.163. The van der Waals surface area contributed by atoms with Gasteiger partial charge >= 0.3 is 0 Å². The Morgan fingerprint density at radius 1 is 1.60 bits per heavy atom. The van der Waals surface area contributed by atoms with Crippen LogP contribution in [-0.2, 0) is 9.47 Å². The van der Waals surface area contributed by atoms with Gasteiger partial charge < -0.3 is 14.6 Å². The van der Waals surface area contributed by atoms with Crippen molar-refractivity contribution in [2.24, 2.45) is 11.0 Å². The maximum Gasteiger partial charge on any atom is 0.169 e. The molecule has 0 saturated carbocycles. The maximum absolute atomic E-state index is 10.00. The second-order valence-electron chi connectivity index (χ2n) is 3.67. The van der Waals surface area contributed by atoms with Crippen molar-refractivity contribution in [2.45, 2.75) is 31.5 Å². The summed E-state index contributed by atoms with van der Waals surface area (Å²) in [5.41, 5.74) is 8.40. The number of fused-ring (bicyclic) bond motifs is 2. The highest BCUT2D eigenvalue weighted by molar-refractivity contribution is 5.04. The van der Waals surface area contributed by atoms with E-state index in [1.54, 1.807) is 0 Å². The molecular weight excluding hydrogens is 198 g/mol. The molecular formula is C9H13N3O3. The summed E-state index contributed by atoms with van der Waals surface area (Å²) < 4.78 is 10.8. The first kappa shape index (κ1) is 10.4. The van der Waals surface area contributed by atoms with Crippen LogP contribution < -0.4 is 0 Å². The lowest BCUT2D eigenvalue weighted by atomic mass is 9.89. The van der Waals surface area contributed by atoms with Crippen LogP contribution in [0, 0.1) is 5.92 Å². The van der Waals surface area contributed by atoms with Crippen molar-refractivity contribution in [1.29, 1.82) is 0 Å². The molecule has 5 atom stereocenters. The lowest BCUT2D eigenvalue weighted by molar-refractivity contribution is -0.146. The predicted octanol–water partition coefficient (Wildman–Crippen LogP) is 0.974. The number of aliphatic hydroxyl groups is 1. The molecule has 0 spiro atoms. The number of azide groups is 1. The fourth-order valence-electron chi connectivity index (χ4n) is 2.07. The van der Waals surface area contributed by atoms with E-state index in [2.05, 4.69) is 10.0 Å². The molecule has 82 valence electrons. The van der Waals surface area contributed by atoms with Crippen LogP contribution in [0.1, 0.15) is 6.92 Å². The molecule has 2 aliphatic rings. The molecule has 2 heterocycles. The van der Waals surface area contributed by atoms with Crippen LogP contribution in [-0.4, -0.2) is 36.3 Å². The Morgan fingerprint density at radius 2 is 2.40 bits per heavy atom. The number of aliphatic hydroxyl groups excluding tert-OH is 1. The standard InChI is InChI=1S/C9H13N3O3/c1-2-3-5-6-4-14-9(15-6)7(8(5)13)11-12-10/h2-3,5-9,13H,4H2,1H3/t5-,6?,7?,8-,9-/m1/s1. The highest BCUT2D eigenvalue weighted by atomic mass is 16.7. The summed E-state index contributed by atoms with van der Waals surface area (Å²) in [4.78, 5) is 2.70. The number of ether oxygens (including phenoxy) is 2. The maximum atomic E-state index is 10.00. The zero-order valence-corrected chi connectivity index (χ0v) is 8.35. The summed E-state index contributed by atoms with van der Waals surface area (Å²) in [5, 5.41) is 13.5. The molecule has 2 rings (SSSR count). The van der Waals surface area contributed by atoms with Gasteiger partial charge in [-0.15, -0.1) is 0 Å². The van der Waals surface area contributed by atoms with E-state index in [0.29, 0.717) is 6.61 Å². The predicted molar refractivity (Wildman–Crippen MR) is 51.9 cm³/mol. The number of nitrogens with zero attached hydrogens (tertiary/aromatic N) is 3. The minimum absolute atomic E-state index is 0.133. The number of hydrogen-bond acceptors (Lipinski definition) is 4. The van der Waals surface area contributed by atoms with Crippen LogP contribution in [0.2, 0.25) is 0 Å². The number of rotatable bonds is 2. The van der Waals surface area contributed by atoms with Crippen LogP contribution >= 0.6 is 0 Å². The third-order valence-corrected chi connectivity index (χ3v) is 2.79. The molecule has 2 saturated heterocycles. The Bertz CT molecular complexity index is 314. The molecule has 0 aliphatic carbocycles. The van der Waals surface area contributed by atoms with Crippen molar-refractivity contribution in [3.05, 3.63) is 22.6 Å². The molecule has 0 aromatic heterocycles. The lowest BCUT2D eigenvalue weighted by Gasteiger charge is -2.34. The van der Waals surface area contributed by atoms with E-state index in [1.807, 2.05) is 19.1 Å². The first-order chi connectivity index (χ1) is 7.27. The van der Waals surface area contributed by atoms with E-state index in [4.69, 9.17) is 15.0 Å². The summed E-state index contributed by atoms with van der Waals surface area (Å²) in [7, 11) is 0. The SMILES string of the molecule is CC=C[C@@H]1C2CO[C@H](O2)C(N=[N+]=[N-])[C@@H]1O. The van der Waals surface area contributed by atoms with Crippen molar-refractivity contribution in [2.75, 3.05) is 6.61 Å². The smallest absolute Gasteiger partial charge is 0.169 e. The van der Waals surface area contributed by atoms with Crippen LogP contribution in [0.15, 0.2) is 17.3 Å². The molecule has 0 radical (unpaired) electrons. The van der Waals surface area contributed by atoms with Crippen LogP contribution in [0.3, 0.4) is 0 Å². The molecule has 2 fully saturated rings.